The number of fused-ring (bicyclic) bond motifs is 1. The van der Waals surface area contributed by atoms with Gasteiger partial charge in [0.2, 0.25) is 0 Å². The summed E-state index contributed by atoms with van der Waals surface area (Å²) in [6.07, 6.45) is 1.44. The molecular formula is C30H22N6O6S. The third-order valence-corrected chi connectivity index (χ3v) is 7.89. The highest BCUT2D eigenvalue weighted by Crippen LogP contribution is 2.38. The van der Waals surface area contributed by atoms with E-state index in [4.69, 9.17) is 5.73 Å². The minimum Gasteiger partial charge on any atom is -0.384 e. The van der Waals surface area contributed by atoms with Gasteiger partial charge in [-0.25, -0.2) is 0 Å². The smallest absolute Gasteiger partial charge is 0.274 e. The Morgan fingerprint density at radius 3 is 2.28 bits per heavy atom. The molecule has 1 aliphatic heterocycles. The number of nitro groups is 2. The summed E-state index contributed by atoms with van der Waals surface area (Å²) in [7, 11) is 0. The summed E-state index contributed by atoms with van der Waals surface area (Å²) in [5.41, 5.74) is 8.07. The Labute approximate surface area is 247 Å². The van der Waals surface area contributed by atoms with Crippen LogP contribution in [0.25, 0.3) is 17.5 Å². The number of amides is 1. The van der Waals surface area contributed by atoms with E-state index >= 15 is 0 Å². The van der Waals surface area contributed by atoms with E-state index in [0.717, 1.165) is 27.0 Å². The van der Waals surface area contributed by atoms with Crippen molar-refractivity contribution < 1.29 is 14.6 Å². The summed E-state index contributed by atoms with van der Waals surface area (Å²) in [6, 6.07) is 18.7. The number of allylic oxidation sites excluding steroid dienone is 1. The normalized spacial score (nSPS) is 14.7. The van der Waals surface area contributed by atoms with Crippen LogP contribution >= 0.6 is 11.3 Å². The molecule has 0 spiro atoms. The number of anilines is 1. The first kappa shape index (κ1) is 28.7. The quantitative estimate of drug-likeness (QED) is 0.251. The van der Waals surface area contributed by atoms with Crippen LogP contribution in [0, 0.1) is 45.4 Å². The van der Waals surface area contributed by atoms with Crippen LogP contribution in [0.1, 0.15) is 28.2 Å². The molecule has 1 unspecified atom stereocenters. The lowest BCUT2D eigenvalue weighted by Gasteiger charge is -2.25. The minimum absolute atomic E-state index is 0.00815. The van der Waals surface area contributed by atoms with E-state index in [9.17, 15) is 35.1 Å². The predicted octanol–water partition coefficient (Wildman–Crippen LogP) is 3.41. The molecule has 3 aromatic carbocycles. The fourth-order valence-corrected chi connectivity index (χ4v) is 6.22. The van der Waals surface area contributed by atoms with Crippen molar-refractivity contribution >= 4 is 51.8 Å². The first-order valence-corrected chi connectivity index (χ1v) is 13.6. The number of non-ortho nitro benzene ring substituents is 2. The topological polar surface area (TPSA) is 187 Å². The number of benzene rings is 3. The Bertz CT molecular complexity index is 2100. The first-order chi connectivity index (χ1) is 20.5. The highest BCUT2D eigenvalue weighted by atomic mass is 32.1. The zero-order valence-electron chi connectivity index (χ0n) is 22.7. The Balaban J connectivity index is 1.82. The van der Waals surface area contributed by atoms with Crippen molar-refractivity contribution in [2.45, 2.75) is 19.8 Å². The standard InChI is InChI=1S/C30H22N6O6S/c1-16-9-17(2)11-20(10-16)33-28(37)26-25(19-6-4-8-22(14-19)36(41)42)23(15-31)27(32)34-29(38)24(43-30(26)34)13-18-5-3-7-21(12-18)35(39)40/h3-14,25H,32H2,1-2H3,(H,33,37)/b24-13-. The first-order valence-electron chi connectivity index (χ1n) is 12.7. The molecule has 2 heterocycles. The molecule has 0 bridgehead atoms. The molecule has 214 valence electrons. The molecule has 1 aliphatic rings. The van der Waals surface area contributed by atoms with E-state index in [0.29, 0.717) is 11.3 Å². The van der Waals surface area contributed by atoms with E-state index in [-0.39, 0.29) is 43.1 Å². The number of nitriles is 1. The second-order valence-corrected chi connectivity index (χ2v) is 10.9. The lowest BCUT2D eigenvalue weighted by molar-refractivity contribution is -0.385. The number of nitrogens with two attached hydrogens (primary N) is 1. The van der Waals surface area contributed by atoms with Gasteiger partial charge in [0.25, 0.3) is 22.8 Å². The van der Waals surface area contributed by atoms with Crippen molar-refractivity contribution in [2.24, 2.45) is 5.73 Å². The summed E-state index contributed by atoms with van der Waals surface area (Å²) in [6.45, 7) is 3.74. The van der Waals surface area contributed by atoms with E-state index in [2.05, 4.69) is 5.32 Å². The Hall–Kier alpha value is -5.87. The maximum absolute atomic E-state index is 14.1. The average Bonchev–Trinajstić information content (AvgIpc) is 3.27. The number of aryl methyl sites for hydroxylation is 2. The lowest BCUT2D eigenvalue weighted by Crippen LogP contribution is -2.40. The van der Waals surface area contributed by atoms with Crippen molar-refractivity contribution in [1.82, 2.24) is 4.57 Å². The predicted molar refractivity (Wildman–Crippen MR) is 161 cm³/mol. The number of nitrogens with zero attached hydrogens (tertiary/aromatic N) is 4. The molecule has 43 heavy (non-hydrogen) atoms. The molecule has 1 atom stereocenters. The molecular weight excluding hydrogens is 572 g/mol. The molecule has 5 rings (SSSR count). The van der Waals surface area contributed by atoms with Gasteiger partial charge in [-0.1, -0.05) is 30.3 Å². The summed E-state index contributed by atoms with van der Waals surface area (Å²) in [4.78, 5) is 49.4. The SMILES string of the molecule is Cc1cc(C)cc(NC(=O)C2=c3s/c(=C\c4cccc([N+](=O)[O-])c4)c(=O)n3C(N)=C(C#N)C2c2cccc([N+](=O)[O-])c2)c1. The van der Waals surface area contributed by atoms with Crippen LogP contribution in [0.3, 0.4) is 0 Å². The summed E-state index contributed by atoms with van der Waals surface area (Å²) < 4.78 is 1.29. The Morgan fingerprint density at radius 1 is 1.02 bits per heavy atom. The third kappa shape index (κ3) is 5.42. The van der Waals surface area contributed by atoms with E-state index in [1.165, 1.54) is 42.5 Å². The zero-order chi connectivity index (χ0) is 31.0. The fourth-order valence-electron chi connectivity index (χ4n) is 5.04. The molecule has 12 nitrogen and oxygen atoms in total. The van der Waals surface area contributed by atoms with Gasteiger partial charge < -0.3 is 11.1 Å². The van der Waals surface area contributed by atoms with Gasteiger partial charge in [0.1, 0.15) is 10.5 Å². The third-order valence-electron chi connectivity index (χ3n) is 6.79. The number of carbonyl (C=O) groups is 1. The van der Waals surface area contributed by atoms with E-state index in [1.54, 1.807) is 24.3 Å². The van der Waals surface area contributed by atoms with Gasteiger partial charge in [0, 0.05) is 30.0 Å². The van der Waals surface area contributed by atoms with Crippen molar-refractivity contribution in [3.63, 3.8) is 0 Å². The van der Waals surface area contributed by atoms with Gasteiger partial charge >= 0.3 is 0 Å². The highest BCUT2D eigenvalue weighted by Gasteiger charge is 2.36. The second-order valence-electron chi connectivity index (χ2n) is 9.85. The zero-order valence-corrected chi connectivity index (χ0v) is 23.5. The van der Waals surface area contributed by atoms with Crippen LogP contribution in [-0.4, -0.2) is 20.3 Å². The van der Waals surface area contributed by atoms with Gasteiger partial charge in [0.05, 0.1) is 37.5 Å². The molecule has 0 saturated carbocycles. The molecule has 4 aromatic rings. The van der Waals surface area contributed by atoms with Crippen molar-refractivity contribution in [2.75, 3.05) is 5.32 Å². The van der Waals surface area contributed by atoms with Gasteiger partial charge in [-0.2, -0.15) is 5.26 Å². The number of nitro benzene ring substituents is 2. The van der Waals surface area contributed by atoms with Crippen molar-refractivity contribution in [3.05, 3.63) is 134 Å². The summed E-state index contributed by atoms with van der Waals surface area (Å²) in [5.74, 6) is -2.00. The molecule has 0 fully saturated rings. The summed E-state index contributed by atoms with van der Waals surface area (Å²) >= 11 is 0.919. The van der Waals surface area contributed by atoms with Crippen LogP contribution in [0.2, 0.25) is 0 Å². The van der Waals surface area contributed by atoms with Gasteiger partial charge in [-0.15, -0.1) is 11.3 Å². The maximum Gasteiger partial charge on any atom is 0.274 e. The van der Waals surface area contributed by atoms with Crippen molar-refractivity contribution in [3.8, 4) is 6.07 Å². The molecule has 0 aliphatic carbocycles. The number of hydrogen-bond acceptors (Lipinski definition) is 9. The molecule has 0 radical (unpaired) electrons. The number of rotatable bonds is 6. The largest absolute Gasteiger partial charge is 0.384 e. The molecule has 13 heteroatoms. The number of aromatic nitrogens is 1. The lowest BCUT2D eigenvalue weighted by atomic mass is 9.83. The van der Waals surface area contributed by atoms with Crippen LogP contribution in [0.5, 0.6) is 0 Å². The van der Waals surface area contributed by atoms with E-state index in [1.807, 2.05) is 26.0 Å². The van der Waals surface area contributed by atoms with Crippen LogP contribution in [0.15, 0.2) is 77.1 Å². The molecule has 1 amide bonds. The summed E-state index contributed by atoms with van der Waals surface area (Å²) in [5, 5.41) is 35.9. The van der Waals surface area contributed by atoms with E-state index < -0.39 is 27.2 Å². The molecule has 0 saturated heterocycles. The average molecular weight is 595 g/mol. The Morgan fingerprint density at radius 2 is 1.65 bits per heavy atom. The number of nitrogens with one attached hydrogen (secondary N) is 1. The van der Waals surface area contributed by atoms with Crippen LogP contribution in [0.4, 0.5) is 17.1 Å². The number of carbonyl (C=O) groups excluding carboxylic acids is 1. The fraction of sp³-hybridized carbons (Fsp3) is 0.100. The van der Waals surface area contributed by atoms with Gasteiger partial charge in [-0.3, -0.25) is 34.4 Å². The monoisotopic (exact) mass is 594 g/mol. The van der Waals surface area contributed by atoms with Gasteiger partial charge in [0.15, 0.2) is 0 Å². The minimum atomic E-state index is -1.14. The molecule has 3 N–H and O–H groups in total. The number of thiazole rings is 1. The van der Waals surface area contributed by atoms with Crippen molar-refractivity contribution in [1.29, 1.82) is 5.26 Å². The highest BCUT2D eigenvalue weighted by molar-refractivity contribution is 7.07. The maximum atomic E-state index is 14.1. The number of hydrogen-bond donors (Lipinski definition) is 2. The Kier molecular flexibility index (Phi) is 7.45. The van der Waals surface area contributed by atoms with Crippen LogP contribution in [-0.2, 0) is 4.79 Å². The van der Waals surface area contributed by atoms with Crippen LogP contribution < -0.4 is 25.8 Å². The molecule has 1 aromatic heterocycles. The van der Waals surface area contributed by atoms with Gasteiger partial charge in [-0.05, 0) is 54.3 Å². The second kappa shape index (κ2) is 11.2.